The van der Waals surface area contributed by atoms with Crippen molar-refractivity contribution in [3.8, 4) is 0 Å². The summed E-state index contributed by atoms with van der Waals surface area (Å²) < 4.78 is 0. The summed E-state index contributed by atoms with van der Waals surface area (Å²) in [4.78, 5) is 25.3. The van der Waals surface area contributed by atoms with Gasteiger partial charge in [0, 0.05) is 11.4 Å². The largest absolute Gasteiger partial charge is 0.322 e. The van der Waals surface area contributed by atoms with Crippen molar-refractivity contribution in [2.75, 3.05) is 30.8 Å². The van der Waals surface area contributed by atoms with Crippen molar-refractivity contribution in [2.45, 2.75) is 27.2 Å². The van der Waals surface area contributed by atoms with Gasteiger partial charge in [-0.25, -0.2) is 0 Å². The van der Waals surface area contributed by atoms with Crippen LogP contribution in [0.2, 0.25) is 0 Å². The van der Waals surface area contributed by atoms with Crippen molar-refractivity contribution in [3.63, 3.8) is 0 Å². The van der Waals surface area contributed by atoms with E-state index in [0.717, 1.165) is 39.4 Å². The zero-order valence-electron chi connectivity index (χ0n) is 16.0. The number of anilines is 2. The molecule has 0 heterocycles. The van der Waals surface area contributed by atoms with Crippen molar-refractivity contribution < 1.29 is 14.5 Å². The molecule has 0 radical (unpaired) electrons. The third-order valence-electron chi connectivity index (χ3n) is 4.26. The molecule has 0 fully saturated rings. The van der Waals surface area contributed by atoms with Gasteiger partial charge in [0.1, 0.15) is 0 Å². The first-order valence-electron chi connectivity index (χ1n) is 8.95. The van der Waals surface area contributed by atoms with E-state index in [0.29, 0.717) is 0 Å². The van der Waals surface area contributed by atoms with Crippen LogP contribution in [0.25, 0.3) is 0 Å². The average molecular weight is 354 g/mol. The van der Waals surface area contributed by atoms with Crippen molar-refractivity contribution in [2.24, 2.45) is 0 Å². The Morgan fingerprint density at radius 2 is 1.54 bits per heavy atom. The minimum atomic E-state index is -0.107. The van der Waals surface area contributed by atoms with Crippen LogP contribution in [-0.4, -0.2) is 32.0 Å². The molecular formula is C21H28N3O2+. The number of carbonyl (C=O) groups is 2. The number of hydrogen-bond donors (Lipinski definition) is 3. The van der Waals surface area contributed by atoms with Crippen molar-refractivity contribution in [3.05, 3.63) is 59.2 Å². The molecule has 1 unspecified atom stereocenters. The van der Waals surface area contributed by atoms with Gasteiger partial charge < -0.3 is 15.5 Å². The lowest BCUT2D eigenvalue weighted by Crippen LogP contribution is -3.11. The molecule has 0 aliphatic heterocycles. The Kier molecular flexibility index (Phi) is 6.92. The Hall–Kier alpha value is -2.66. The Morgan fingerprint density at radius 3 is 2.15 bits per heavy atom. The van der Waals surface area contributed by atoms with Crippen LogP contribution >= 0.6 is 0 Å². The van der Waals surface area contributed by atoms with Crippen LogP contribution in [0.15, 0.2) is 42.5 Å². The molecule has 26 heavy (non-hydrogen) atoms. The Labute approximate surface area is 155 Å². The lowest BCUT2D eigenvalue weighted by molar-refractivity contribution is -0.862. The maximum absolute atomic E-state index is 12.4. The number of hydrogen-bond acceptors (Lipinski definition) is 2. The highest BCUT2D eigenvalue weighted by Gasteiger charge is 2.16. The maximum atomic E-state index is 12.4. The second-order valence-electron chi connectivity index (χ2n) is 6.74. The summed E-state index contributed by atoms with van der Waals surface area (Å²) in [6, 6.07) is 13.7. The molecule has 0 aliphatic rings. The molecule has 5 nitrogen and oxygen atoms in total. The van der Waals surface area contributed by atoms with E-state index in [-0.39, 0.29) is 24.9 Å². The molecule has 0 spiro atoms. The van der Waals surface area contributed by atoms with E-state index in [1.54, 1.807) is 0 Å². The molecule has 0 saturated heterocycles. The van der Waals surface area contributed by atoms with Crippen LogP contribution in [0.4, 0.5) is 11.4 Å². The minimum Gasteiger partial charge on any atom is -0.322 e. The number of quaternary nitrogens is 1. The number of nitrogens with one attached hydrogen (secondary N) is 3. The molecule has 2 aromatic rings. The molecule has 0 aromatic heterocycles. The minimum absolute atomic E-state index is 0.0883. The predicted octanol–water partition coefficient (Wildman–Crippen LogP) is 1.96. The zero-order valence-corrected chi connectivity index (χ0v) is 16.0. The summed E-state index contributed by atoms with van der Waals surface area (Å²) in [5.74, 6) is -0.195. The van der Waals surface area contributed by atoms with E-state index in [4.69, 9.17) is 0 Å². The third-order valence-corrected chi connectivity index (χ3v) is 4.26. The first kappa shape index (κ1) is 19.7. The van der Waals surface area contributed by atoms with Crippen LogP contribution in [-0.2, 0) is 16.0 Å². The van der Waals surface area contributed by atoms with E-state index in [2.05, 4.69) is 17.6 Å². The standard InChI is InChI=1S/C21H27N3O2/c1-5-17-8-6-7-16(3)21(17)23-20(26)14-24(4)13-19(25)22-18-11-9-15(2)10-12-18/h6-12H,5,13-14H2,1-4H3,(H,22,25)(H,23,26)/p+1. The highest BCUT2D eigenvalue weighted by molar-refractivity contribution is 5.94. The zero-order chi connectivity index (χ0) is 19.1. The molecule has 2 amide bonds. The van der Waals surface area contributed by atoms with Crippen molar-refractivity contribution >= 4 is 23.2 Å². The van der Waals surface area contributed by atoms with E-state index in [1.165, 1.54) is 0 Å². The van der Waals surface area contributed by atoms with Gasteiger partial charge in [-0.1, -0.05) is 42.8 Å². The maximum Gasteiger partial charge on any atom is 0.279 e. The number of likely N-dealkylation sites (N-methyl/N-ethyl adjacent to an activating group) is 1. The summed E-state index contributed by atoms with van der Waals surface area (Å²) in [6.07, 6.45) is 0.860. The number of carbonyl (C=O) groups excluding carboxylic acids is 2. The number of benzene rings is 2. The molecule has 0 saturated carbocycles. The number of rotatable bonds is 7. The topological polar surface area (TPSA) is 62.6 Å². The van der Waals surface area contributed by atoms with Gasteiger partial charge in [-0.3, -0.25) is 9.59 Å². The fourth-order valence-electron chi connectivity index (χ4n) is 2.84. The quantitative estimate of drug-likeness (QED) is 0.712. The lowest BCUT2D eigenvalue weighted by Gasteiger charge is -2.16. The summed E-state index contributed by atoms with van der Waals surface area (Å²) in [7, 11) is 1.84. The summed E-state index contributed by atoms with van der Waals surface area (Å²) in [5, 5.41) is 5.86. The second-order valence-corrected chi connectivity index (χ2v) is 6.74. The Morgan fingerprint density at radius 1 is 0.923 bits per heavy atom. The van der Waals surface area contributed by atoms with Gasteiger partial charge in [0.2, 0.25) is 0 Å². The smallest absolute Gasteiger partial charge is 0.279 e. The van der Waals surface area contributed by atoms with Gasteiger partial charge in [-0.05, 0) is 43.5 Å². The van der Waals surface area contributed by atoms with Gasteiger partial charge in [0.15, 0.2) is 13.1 Å². The molecule has 2 rings (SSSR count). The molecule has 5 heteroatoms. The van der Waals surface area contributed by atoms with Crippen LogP contribution in [0.1, 0.15) is 23.6 Å². The molecule has 0 bridgehead atoms. The van der Waals surface area contributed by atoms with Gasteiger partial charge in [-0.15, -0.1) is 0 Å². The number of amides is 2. The first-order chi connectivity index (χ1) is 12.4. The number of para-hydroxylation sites is 1. The fourth-order valence-corrected chi connectivity index (χ4v) is 2.84. The van der Waals surface area contributed by atoms with E-state index in [1.807, 2.05) is 63.4 Å². The average Bonchev–Trinajstić information content (AvgIpc) is 2.58. The SMILES string of the molecule is CCc1cccc(C)c1NC(=O)C[NH+](C)CC(=O)Nc1ccc(C)cc1. The van der Waals surface area contributed by atoms with Crippen molar-refractivity contribution in [1.82, 2.24) is 0 Å². The van der Waals surface area contributed by atoms with Crippen LogP contribution < -0.4 is 15.5 Å². The molecule has 0 aliphatic carbocycles. The summed E-state index contributed by atoms with van der Waals surface area (Å²) in [6.45, 7) is 6.52. The Bertz CT molecular complexity index is 769. The highest BCUT2D eigenvalue weighted by Crippen LogP contribution is 2.20. The summed E-state index contributed by atoms with van der Waals surface area (Å²) in [5.41, 5.74) is 4.97. The highest BCUT2D eigenvalue weighted by atomic mass is 16.2. The van der Waals surface area contributed by atoms with Gasteiger partial charge >= 0.3 is 0 Å². The molecule has 1 atom stereocenters. The van der Waals surface area contributed by atoms with Crippen LogP contribution in [0.3, 0.4) is 0 Å². The van der Waals surface area contributed by atoms with Gasteiger partial charge in [-0.2, -0.15) is 0 Å². The van der Waals surface area contributed by atoms with Crippen LogP contribution in [0.5, 0.6) is 0 Å². The lowest BCUT2D eigenvalue weighted by atomic mass is 10.1. The monoisotopic (exact) mass is 354 g/mol. The molecule has 138 valence electrons. The first-order valence-corrected chi connectivity index (χ1v) is 8.95. The second kappa shape index (κ2) is 9.15. The van der Waals surface area contributed by atoms with E-state index in [9.17, 15) is 9.59 Å². The normalized spacial score (nSPS) is 11.7. The van der Waals surface area contributed by atoms with Gasteiger partial charge in [0.25, 0.3) is 11.8 Å². The predicted molar refractivity (Wildman–Crippen MR) is 106 cm³/mol. The Balaban J connectivity index is 1.87. The van der Waals surface area contributed by atoms with E-state index < -0.39 is 0 Å². The molecular weight excluding hydrogens is 326 g/mol. The van der Waals surface area contributed by atoms with Gasteiger partial charge in [0.05, 0.1) is 7.05 Å². The summed E-state index contributed by atoms with van der Waals surface area (Å²) >= 11 is 0. The fraction of sp³-hybridized carbons (Fsp3) is 0.333. The molecule has 2 aromatic carbocycles. The van der Waals surface area contributed by atoms with Crippen LogP contribution in [0, 0.1) is 13.8 Å². The number of aryl methyl sites for hydroxylation is 3. The molecule has 3 N–H and O–H groups in total. The third kappa shape index (κ3) is 5.70. The van der Waals surface area contributed by atoms with E-state index >= 15 is 0 Å². The van der Waals surface area contributed by atoms with Crippen molar-refractivity contribution in [1.29, 1.82) is 0 Å².